The van der Waals surface area contributed by atoms with Crippen LogP contribution in [0.15, 0.2) is 51.1 Å². The Bertz CT molecular complexity index is 1200. The lowest BCUT2D eigenvalue weighted by Gasteiger charge is -2.21. The summed E-state index contributed by atoms with van der Waals surface area (Å²) in [6.07, 6.45) is 3.70. The van der Waals surface area contributed by atoms with Crippen molar-refractivity contribution in [2.24, 2.45) is 12.1 Å². The molecule has 27 heavy (non-hydrogen) atoms. The molecule has 0 radical (unpaired) electrons. The Hall–Kier alpha value is -3.42. The van der Waals surface area contributed by atoms with E-state index in [4.69, 9.17) is 0 Å². The van der Waals surface area contributed by atoms with Crippen LogP contribution in [-0.4, -0.2) is 24.4 Å². The minimum atomic E-state index is -0.397. The van der Waals surface area contributed by atoms with E-state index >= 15 is 0 Å². The van der Waals surface area contributed by atoms with E-state index in [1.165, 1.54) is 9.13 Å². The van der Waals surface area contributed by atoms with Crippen LogP contribution in [0.4, 0.5) is 5.95 Å². The Morgan fingerprint density at radius 2 is 1.96 bits per heavy atom. The number of hydrogen-bond donors (Lipinski definition) is 1. The van der Waals surface area contributed by atoms with Crippen molar-refractivity contribution in [3.05, 3.63) is 62.8 Å². The molecule has 4 rings (SSSR count). The topological polar surface area (TPSA) is 86.2 Å². The molecule has 8 heteroatoms. The van der Waals surface area contributed by atoms with Crippen molar-refractivity contribution in [1.29, 1.82) is 0 Å². The summed E-state index contributed by atoms with van der Waals surface area (Å²) >= 11 is 0. The van der Waals surface area contributed by atoms with Crippen LogP contribution < -0.4 is 16.7 Å². The molecule has 0 unspecified atom stereocenters. The molecule has 0 spiro atoms. The van der Waals surface area contributed by atoms with E-state index in [1.54, 1.807) is 11.6 Å². The van der Waals surface area contributed by atoms with Gasteiger partial charge in [0, 0.05) is 13.6 Å². The van der Waals surface area contributed by atoms with Crippen molar-refractivity contribution >= 4 is 28.9 Å². The maximum Gasteiger partial charge on any atom is 0.332 e. The number of rotatable bonds is 3. The average Bonchev–Trinajstić information content (AvgIpc) is 3.07. The molecule has 0 saturated heterocycles. The summed E-state index contributed by atoms with van der Waals surface area (Å²) in [5.74, 6) is 0.466. The number of anilines is 1. The van der Waals surface area contributed by atoms with Gasteiger partial charge in [0.2, 0.25) is 5.95 Å². The zero-order valence-electron chi connectivity index (χ0n) is 15.4. The normalized spacial score (nSPS) is 16.4. The van der Waals surface area contributed by atoms with E-state index in [9.17, 15) is 9.59 Å². The van der Waals surface area contributed by atoms with Gasteiger partial charge >= 0.3 is 5.69 Å². The van der Waals surface area contributed by atoms with Gasteiger partial charge in [-0.1, -0.05) is 42.5 Å². The number of allylic oxidation sites excluding steroid dienone is 1. The summed E-state index contributed by atoms with van der Waals surface area (Å²) in [6, 6.07) is 9.62. The molecule has 138 valence electrons. The zero-order chi connectivity index (χ0) is 19.1. The molecule has 1 aliphatic rings. The highest BCUT2D eigenvalue weighted by Crippen LogP contribution is 2.25. The molecule has 1 N–H and O–H groups in total. The summed E-state index contributed by atoms with van der Waals surface area (Å²) in [4.78, 5) is 30.2. The van der Waals surface area contributed by atoms with E-state index in [2.05, 4.69) is 15.5 Å². The zero-order valence-corrected chi connectivity index (χ0v) is 15.4. The molecule has 3 aromatic rings. The summed E-state index contributed by atoms with van der Waals surface area (Å²) in [6.45, 7) is 4.02. The maximum atomic E-state index is 13.1. The lowest BCUT2D eigenvalue weighted by Crippen LogP contribution is -2.39. The largest absolute Gasteiger partial charge is 0.332 e. The van der Waals surface area contributed by atoms with Crippen LogP contribution in [-0.2, 0) is 13.6 Å². The highest BCUT2D eigenvalue weighted by molar-refractivity contribution is 5.90. The number of imidazole rings is 1. The molecule has 8 nitrogen and oxygen atoms in total. The summed E-state index contributed by atoms with van der Waals surface area (Å²) in [5.41, 5.74) is 4.70. The summed E-state index contributed by atoms with van der Waals surface area (Å²) < 4.78 is 4.43. The number of benzene rings is 1. The van der Waals surface area contributed by atoms with Gasteiger partial charge in [-0.05, 0) is 19.4 Å². The second-order valence-corrected chi connectivity index (χ2v) is 6.59. The van der Waals surface area contributed by atoms with E-state index in [-0.39, 0.29) is 18.1 Å². The van der Waals surface area contributed by atoms with Crippen molar-refractivity contribution in [3.8, 4) is 0 Å². The third-order valence-electron chi connectivity index (χ3n) is 4.90. The fourth-order valence-electron chi connectivity index (χ4n) is 3.23. The average molecular weight is 364 g/mol. The van der Waals surface area contributed by atoms with Crippen molar-refractivity contribution in [2.45, 2.75) is 26.4 Å². The molecule has 0 bridgehead atoms. The Labute approximate surface area is 155 Å². The van der Waals surface area contributed by atoms with Gasteiger partial charge in [-0.25, -0.2) is 10.2 Å². The number of aryl methyl sites for hydroxylation is 1. The monoisotopic (exact) mass is 364 g/mol. The Morgan fingerprint density at radius 1 is 1.22 bits per heavy atom. The van der Waals surface area contributed by atoms with Gasteiger partial charge in [-0.3, -0.25) is 18.5 Å². The van der Waals surface area contributed by atoms with E-state index in [0.29, 0.717) is 17.1 Å². The minimum absolute atomic E-state index is 0.121. The van der Waals surface area contributed by atoms with Crippen LogP contribution in [0, 0.1) is 0 Å². The van der Waals surface area contributed by atoms with Crippen molar-refractivity contribution < 1.29 is 0 Å². The van der Waals surface area contributed by atoms with E-state index in [0.717, 1.165) is 11.3 Å². The number of fused-ring (bicyclic) bond motifs is 3. The highest BCUT2D eigenvalue weighted by Gasteiger charge is 2.26. The molecule has 1 aromatic carbocycles. The summed E-state index contributed by atoms with van der Waals surface area (Å²) in [7, 11) is 1.62. The fraction of sp³-hybridized carbons (Fsp3) is 0.263. The fourth-order valence-corrected chi connectivity index (χ4v) is 3.23. The van der Waals surface area contributed by atoms with Crippen molar-refractivity contribution in [3.63, 3.8) is 0 Å². The van der Waals surface area contributed by atoms with Crippen LogP contribution in [0.25, 0.3) is 17.2 Å². The van der Waals surface area contributed by atoms with E-state index < -0.39 is 5.69 Å². The Balaban J connectivity index is 1.84. The van der Waals surface area contributed by atoms with Crippen LogP contribution in [0.5, 0.6) is 0 Å². The number of hydrazone groups is 1. The quantitative estimate of drug-likeness (QED) is 0.770. The third kappa shape index (κ3) is 2.69. The molecule has 1 atom stereocenters. The molecule has 1 aliphatic heterocycles. The van der Waals surface area contributed by atoms with Gasteiger partial charge in [-0.2, -0.15) is 10.1 Å². The van der Waals surface area contributed by atoms with Crippen LogP contribution in [0.3, 0.4) is 0 Å². The first-order valence-corrected chi connectivity index (χ1v) is 8.72. The molecule has 0 saturated carbocycles. The first kappa shape index (κ1) is 17.0. The molecular formula is C19H20N6O2. The molecule has 0 aliphatic carbocycles. The Kier molecular flexibility index (Phi) is 4.02. The number of hydrogen-bond acceptors (Lipinski definition) is 5. The van der Waals surface area contributed by atoms with Crippen LogP contribution in [0.2, 0.25) is 0 Å². The number of aromatic nitrogens is 4. The Morgan fingerprint density at radius 3 is 2.70 bits per heavy atom. The first-order valence-electron chi connectivity index (χ1n) is 8.72. The highest BCUT2D eigenvalue weighted by atomic mass is 16.2. The summed E-state index contributed by atoms with van der Waals surface area (Å²) in [5, 5.41) is 4.21. The van der Waals surface area contributed by atoms with Gasteiger partial charge in [-0.15, -0.1) is 0 Å². The smallest absolute Gasteiger partial charge is 0.294 e. The second kappa shape index (κ2) is 6.39. The van der Waals surface area contributed by atoms with Crippen molar-refractivity contribution in [1.82, 2.24) is 18.7 Å². The van der Waals surface area contributed by atoms with Gasteiger partial charge in [0.1, 0.15) is 0 Å². The molecule has 3 heterocycles. The first-order chi connectivity index (χ1) is 13.0. The van der Waals surface area contributed by atoms with Gasteiger partial charge in [0.25, 0.3) is 5.56 Å². The maximum absolute atomic E-state index is 13.1. The predicted octanol–water partition coefficient (Wildman–Crippen LogP) is 1.97. The molecule has 0 amide bonds. The lowest BCUT2D eigenvalue weighted by atomic mass is 10.2. The van der Waals surface area contributed by atoms with Crippen molar-refractivity contribution in [2.75, 3.05) is 5.43 Å². The van der Waals surface area contributed by atoms with Gasteiger partial charge in [0.05, 0.1) is 11.8 Å². The molecule has 0 fully saturated rings. The number of nitrogens with one attached hydrogen (secondary N) is 1. The van der Waals surface area contributed by atoms with E-state index in [1.807, 2.05) is 56.3 Å². The van der Waals surface area contributed by atoms with Crippen LogP contribution >= 0.6 is 0 Å². The predicted molar refractivity (Wildman–Crippen MR) is 106 cm³/mol. The number of nitrogens with zero attached hydrogens (tertiary/aromatic N) is 5. The second-order valence-electron chi connectivity index (χ2n) is 6.59. The van der Waals surface area contributed by atoms with Gasteiger partial charge < -0.3 is 0 Å². The lowest BCUT2D eigenvalue weighted by molar-refractivity contribution is 0.653. The van der Waals surface area contributed by atoms with Gasteiger partial charge in [0.15, 0.2) is 11.2 Å². The SMILES string of the molecule is CC1=NNc2nc3c(c(=O)n(C/C=C/c4ccccc4)c(=O)n3C)n2[C@H]1C. The molecular weight excluding hydrogens is 344 g/mol. The standard InChI is InChI=1S/C19H20N6O2/c1-12-13(2)25-15-16(20-18(25)22-21-12)23(3)19(27)24(17(15)26)11-7-10-14-8-5-4-6-9-14/h4-10,13H,11H2,1-3H3,(H,20,22)/b10-7+/t13-/m0/s1. The molecule has 2 aromatic heterocycles. The third-order valence-corrected chi connectivity index (χ3v) is 4.90. The minimum Gasteiger partial charge on any atom is -0.294 e. The van der Waals surface area contributed by atoms with Crippen LogP contribution in [0.1, 0.15) is 25.5 Å².